The molecule has 2 aliphatic heterocycles. The predicted octanol–water partition coefficient (Wildman–Crippen LogP) is 4.49. The fourth-order valence-electron chi connectivity index (χ4n) is 5.16. The first-order valence-corrected chi connectivity index (χ1v) is 11.4. The number of hydrogen-bond donors (Lipinski definition) is 0. The fourth-order valence-corrected chi connectivity index (χ4v) is 5.16. The quantitative estimate of drug-likeness (QED) is 0.599. The van der Waals surface area contributed by atoms with E-state index in [4.69, 9.17) is 9.72 Å². The number of likely N-dealkylation sites (tertiary alicyclic amines) is 1. The molecular formula is C26H30N4O2. The molecule has 1 saturated heterocycles. The van der Waals surface area contributed by atoms with E-state index in [9.17, 15) is 4.79 Å². The van der Waals surface area contributed by atoms with Gasteiger partial charge in [0.15, 0.2) is 5.82 Å². The molecule has 5 rings (SSSR count). The van der Waals surface area contributed by atoms with Gasteiger partial charge >= 0.3 is 0 Å². The maximum Gasteiger partial charge on any atom is 0.254 e. The third-order valence-corrected chi connectivity index (χ3v) is 6.81. The summed E-state index contributed by atoms with van der Waals surface area (Å²) in [5, 5.41) is 0. The molecule has 3 aromatic rings. The SMILES string of the molecule is COc1cccc(C(=O)N2CC[C@]3(C2)c2cccn2-c2ncccc2N3CCC(C)C)c1. The van der Waals surface area contributed by atoms with E-state index in [1.54, 1.807) is 7.11 Å². The summed E-state index contributed by atoms with van der Waals surface area (Å²) in [5.41, 5.74) is 2.77. The Hall–Kier alpha value is -3.28. The normalized spacial score (nSPS) is 19.4. The molecule has 2 aliphatic rings. The van der Waals surface area contributed by atoms with Crippen LogP contribution in [0.25, 0.3) is 5.82 Å². The van der Waals surface area contributed by atoms with Gasteiger partial charge in [-0.1, -0.05) is 19.9 Å². The average Bonchev–Trinajstić information content (AvgIpc) is 3.47. The molecule has 1 amide bonds. The largest absolute Gasteiger partial charge is 0.497 e. The van der Waals surface area contributed by atoms with E-state index in [0.29, 0.717) is 23.8 Å². The maximum atomic E-state index is 13.4. The number of rotatable bonds is 5. The molecule has 0 unspecified atom stereocenters. The Morgan fingerprint density at radius 3 is 2.88 bits per heavy atom. The topological polar surface area (TPSA) is 50.6 Å². The minimum atomic E-state index is -0.261. The lowest BCUT2D eigenvalue weighted by Crippen LogP contribution is -2.53. The standard InChI is InChI=1S/C26H30N4O2/c1-19(2)11-15-30-22-9-5-13-27-24(22)29-14-6-10-23(29)26(30)12-16-28(18-26)25(31)20-7-4-8-21(17-20)32-3/h4-10,13-14,17,19H,11-12,15-16,18H2,1-3H3/t26-/m0/s1. The van der Waals surface area contributed by atoms with Crippen LogP contribution in [0.3, 0.4) is 0 Å². The Morgan fingerprint density at radius 2 is 2.06 bits per heavy atom. The number of fused-ring (bicyclic) bond motifs is 4. The van der Waals surface area contributed by atoms with Crippen molar-refractivity contribution in [2.24, 2.45) is 5.92 Å². The molecule has 0 aliphatic carbocycles. The van der Waals surface area contributed by atoms with E-state index in [0.717, 1.165) is 37.4 Å². The first-order valence-electron chi connectivity index (χ1n) is 11.4. The van der Waals surface area contributed by atoms with Crippen molar-refractivity contribution in [2.75, 3.05) is 31.6 Å². The molecule has 6 heteroatoms. The number of nitrogens with zero attached hydrogens (tertiary/aromatic N) is 4. The van der Waals surface area contributed by atoms with Crippen molar-refractivity contribution in [1.29, 1.82) is 0 Å². The fraction of sp³-hybridized carbons (Fsp3) is 0.385. The van der Waals surface area contributed by atoms with Crippen LogP contribution in [0.15, 0.2) is 60.9 Å². The zero-order valence-electron chi connectivity index (χ0n) is 19.0. The average molecular weight is 431 g/mol. The molecular weight excluding hydrogens is 400 g/mol. The van der Waals surface area contributed by atoms with E-state index in [-0.39, 0.29) is 11.4 Å². The number of amides is 1. The van der Waals surface area contributed by atoms with Crippen LogP contribution < -0.4 is 9.64 Å². The van der Waals surface area contributed by atoms with Crippen molar-refractivity contribution >= 4 is 11.6 Å². The van der Waals surface area contributed by atoms with Crippen LogP contribution in [-0.4, -0.2) is 47.1 Å². The monoisotopic (exact) mass is 430 g/mol. The van der Waals surface area contributed by atoms with Gasteiger partial charge in [0.2, 0.25) is 0 Å². The Morgan fingerprint density at radius 1 is 1.19 bits per heavy atom. The molecule has 0 N–H and O–H groups in total. The first-order chi connectivity index (χ1) is 15.5. The number of benzene rings is 1. The van der Waals surface area contributed by atoms with E-state index < -0.39 is 0 Å². The minimum absolute atomic E-state index is 0.0553. The molecule has 32 heavy (non-hydrogen) atoms. The minimum Gasteiger partial charge on any atom is -0.497 e. The van der Waals surface area contributed by atoms with Crippen LogP contribution in [0.1, 0.15) is 42.7 Å². The summed E-state index contributed by atoms with van der Waals surface area (Å²) in [6, 6.07) is 15.9. The Balaban J connectivity index is 1.54. The van der Waals surface area contributed by atoms with Gasteiger partial charge in [-0.25, -0.2) is 4.98 Å². The van der Waals surface area contributed by atoms with E-state index in [2.05, 4.69) is 47.7 Å². The highest BCUT2D eigenvalue weighted by Gasteiger charge is 2.50. The lowest BCUT2D eigenvalue weighted by Gasteiger charge is -2.47. The Bertz CT molecular complexity index is 1140. The number of methoxy groups -OCH3 is 1. The zero-order valence-corrected chi connectivity index (χ0v) is 19.0. The van der Waals surface area contributed by atoms with Crippen molar-refractivity contribution in [2.45, 2.75) is 32.2 Å². The van der Waals surface area contributed by atoms with Gasteiger partial charge in [0.1, 0.15) is 11.3 Å². The molecule has 4 heterocycles. The van der Waals surface area contributed by atoms with Crippen molar-refractivity contribution < 1.29 is 9.53 Å². The lowest BCUT2D eigenvalue weighted by molar-refractivity contribution is 0.0781. The van der Waals surface area contributed by atoms with Crippen LogP contribution >= 0.6 is 0 Å². The van der Waals surface area contributed by atoms with Gasteiger partial charge in [-0.15, -0.1) is 0 Å². The molecule has 1 fully saturated rings. The number of pyridine rings is 1. The van der Waals surface area contributed by atoms with Gasteiger partial charge in [-0.05, 0) is 61.2 Å². The summed E-state index contributed by atoms with van der Waals surface area (Å²) in [5.74, 6) is 2.32. The third kappa shape index (κ3) is 3.25. The summed E-state index contributed by atoms with van der Waals surface area (Å²) in [6.07, 6.45) is 5.92. The third-order valence-electron chi connectivity index (χ3n) is 6.81. The summed E-state index contributed by atoms with van der Waals surface area (Å²) in [7, 11) is 1.63. The molecule has 1 aromatic carbocycles. The smallest absolute Gasteiger partial charge is 0.254 e. The molecule has 0 bridgehead atoms. The van der Waals surface area contributed by atoms with Gasteiger partial charge in [-0.2, -0.15) is 0 Å². The van der Waals surface area contributed by atoms with Crippen LogP contribution in [0.2, 0.25) is 0 Å². The number of carbonyl (C=O) groups is 1. The van der Waals surface area contributed by atoms with E-state index in [1.807, 2.05) is 41.4 Å². The van der Waals surface area contributed by atoms with Crippen LogP contribution in [0.5, 0.6) is 5.75 Å². The molecule has 2 aromatic heterocycles. The van der Waals surface area contributed by atoms with Gasteiger partial charge in [0.05, 0.1) is 18.5 Å². The van der Waals surface area contributed by atoms with Crippen LogP contribution in [0.4, 0.5) is 5.69 Å². The van der Waals surface area contributed by atoms with Crippen molar-refractivity contribution in [3.05, 3.63) is 72.2 Å². The van der Waals surface area contributed by atoms with Crippen molar-refractivity contribution in [3.8, 4) is 11.6 Å². The number of hydrogen-bond acceptors (Lipinski definition) is 4. The lowest BCUT2D eigenvalue weighted by atomic mass is 9.88. The molecule has 0 saturated carbocycles. The van der Waals surface area contributed by atoms with Crippen molar-refractivity contribution in [3.63, 3.8) is 0 Å². The molecule has 166 valence electrons. The summed E-state index contributed by atoms with van der Waals surface area (Å²) >= 11 is 0. The second kappa shape index (κ2) is 8.01. The first kappa shape index (κ1) is 20.6. The Labute approximate surface area is 189 Å². The van der Waals surface area contributed by atoms with Gasteiger partial charge in [0, 0.05) is 37.6 Å². The number of carbonyl (C=O) groups excluding carboxylic acids is 1. The summed E-state index contributed by atoms with van der Waals surface area (Å²) in [6.45, 7) is 6.82. The number of ether oxygens (including phenoxy) is 1. The van der Waals surface area contributed by atoms with Gasteiger partial charge in [0.25, 0.3) is 5.91 Å². The second-order valence-electron chi connectivity index (χ2n) is 9.18. The molecule has 0 radical (unpaired) electrons. The van der Waals surface area contributed by atoms with Gasteiger partial charge in [-0.3, -0.25) is 4.79 Å². The number of aromatic nitrogens is 2. The Kier molecular flexibility index (Phi) is 5.16. The molecule has 6 nitrogen and oxygen atoms in total. The summed E-state index contributed by atoms with van der Waals surface area (Å²) < 4.78 is 7.54. The highest BCUT2D eigenvalue weighted by atomic mass is 16.5. The summed E-state index contributed by atoms with van der Waals surface area (Å²) in [4.78, 5) is 22.7. The van der Waals surface area contributed by atoms with E-state index >= 15 is 0 Å². The second-order valence-corrected chi connectivity index (χ2v) is 9.18. The maximum absolute atomic E-state index is 13.4. The zero-order chi connectivity index (χ0) is 22.3. The van der Waals surface area contributed by atoms with Crippen LogP contribution in [-0.2, 0) is 5.54 Å². The number of anilines is 1. The highest BCUT2D eigenvalue weighted by molar-refractivity contribution is 5.95. The van der Waals surface area contributed by atoms with E-state index in [1.165, 1.54) is 5.69 Å². The van der Waals surface area contributed by atoms with Gasteiger partial charge < -0.3 is 19.1 Å². The highest BCUT2D eigenvalue weighted by Crippen LogP contribution is 2.47. The molecule has 1 spiro atoms. The predicted molar refractivity (Wildman–Crippen MR) is 126 cm³/mol. The van der Waals surface area contributed by atoms with Crippen LogP contribution in [0, 0.1) is 5.92 Å². The van der Waals surface area contributed by atoms with Crippen molar-refractivity contribution in [1.82, 2.24) is 14.5 Å². The molecule has 1 atom stereocenters.